The molecule has 0 aliphatic rings. The molecule has 0 fully saturated rings. The van der Waals surface area contributed by atoms with Gasteiger partial charge < -0.3 is 10.1 Å². The van der Waals surface area contributed by atoms with E-state index in [1.165, 1.54) is 16.7 Å². The Morgan fingerprint density at radius 1 is 1.24 bits per heavy atom. The van der Waals surface area contributed by atoms with Crippen molar-refractivity contribution in [3.8, 4) is 5.75 Å². The van der Waals surface area contributed by atoms with Crippen molar-refractivity contribution in [2.75, 3.05) is 13.2 Å². The summed E-state index contributed by atoms with van der Waals surface area (Å²) in [4.78, 5) is 0. The van der Waals surface area contributed by atoms with E-state index in [-0.39, 0.29) is 0 Å². The van der Waals surface area contributed by atoms with Crippen LogP contribution in [0.15, 0.2) is 30.6 Å². The van der Waals surface area contributed by atoms with Crippen LogP contribution in [0.3, 0.4) is 0 Å². The summed E-state index contributed by atoms with van der Waals surface area (Å²) in [6.07, 6.45) is 4.90. The second-order valence-electron chi connectivity index (χ2n) is 5.35. The van der Waals surface area contributed by atoms with Crippen LogP contribution in [-0.2, 0) is 13.1 Å². The molecule has 0 bridgehead atoms. The molecule has 4 heteroatoms. The molecule has 1 aromatic carbocycles. The van der Waals surface area contributed by atoms with Gasteiger partial charge in [0.25, 0.3) is 0 Å². The zero-order valence-electron chi connectivity index (χ0n) is 13.2. The standard InChI is InChI=1S/C17H25N3O/c1-4-6-18-13-16-11-14(2)17(15(3)12-16)21-10-9-20-8-5-7-19-20/h5,7-8,11-12,18H,4,6,9-10,13H2,1-3H3. The molecule has 2 aromatic rings. The minimum atomic E-state index is 0.636. The minimum absolute atomic E-state index is 0.636. The summed E-state index contributed by atoms with van der Waals surface area (Å²) >= 11 is 0. The number of rotatable bonds is 8. The van der Waals surface area contributed by atoms with Crippen LogP contribution in [0.5, 0.6) is 5.75 Å². The number of hydrogen-bond donors (Lipinski definition) is 1. The lowest BCUT2D eigenvalue weighted by Gasteiger charge is -2.14. The van der Waals surface area contributed by atoms with Gasteiger partial charge in [-0.25, -0.2) is 0 Å². The molecule has 0 unspecified atom stereocenters. The molecule has 0 atom stereocenters. The van der Waals surface area contributed by atoms with Gasteiger partial charge in [0.1, 0.15) is 12.4 Å². The smallest absolute Gasteiger partial charge is 0.125 e. The summed E-state index contributed by atoms with van der Waals surface area (Å²) in [5.74, 6) is 1.00. The summed E-state index contributed by atoms with van der Waals surface area (Å²) in [5.41, 5.74) is 3.71. The Morgan fingerprint density at radius 3 is 2.62 bits per heavy atom. The van der Waals surface area contributed by atoms with E-state index in [0.29, 0.717) is 6.61 Å². The number of nitrogens with one attached hydrogen (secondary N) is 1. The first-order valence-electron chi connectivity index (χ1n) is 7.61. The van der Waals surface area contributed by atoms with E-state index < -0.39 is 0 Å². The highest BCUT2D eigenvalue weighted by atomic mass is 16.5. The molecular weight excluding hydrogens is 262 g/mol. The third-order valence-electron chi connectivity index (χ3n) is 3.40. The zero-order chi connectivity index (χ0) is 15.1. The van der Waals surface area contributed by atoms with Gasteiger partial charge in [0.2, 0.25) is 0 Å². The maximum absolute atomic E-state index is 5.94. The number of aryl methyl sites for hydroxylation is 2. The van der Waals surface area contributed by atoms with Crippen LogP contribution in [0.4, 0.5) is 0 Å². The van der Waals surface area contributed by atoms with Gasteiger partial charge in [-0.2, -0.15) is 5.10 Å². The molecule has 114 valence electrons. The molecule has 4 nitrogen and oxygen atoms in total. The van der Waals surface area contributed by atoms with E-state index in [1.54, 1.807) is 6.20 Å². The van der Waals surface area contributed by atoms with Crippen LogP contribution in [0.1, 0.15) is 30.0 Å². The van der Waals surface area contributed by atoms with Crippen LogP contribution < -0.4 is 10.1 Å². The van der Waals surface area contributed by atoms with Crippen molar-refractivity contribution in [2.24, 2.45) is 0 Å². The summed E-state index contributed by atoms with van der Waals surface area (Å²) < 4.78 is 7.82. The van der Waals surface area contributed by atoms with Crippen molar-refractivity contribution in [3.63, 3.8) is 0 Å². The fourth-order valence-electron chi connectivity index (χ4n) is 2.45. The molecule has 0 saturated heterocycles. The summed E-state index contributed by atoms with van der Waals surface area (Å²) in [6.45, 7) is 9.78. The van der Waals surface area contributed by atoms with Gasteiger partial charge in [0.05, 0.1) is 6.54 Å². The first-order valence-corrected chi connectivity index (χ1v) is 7.61. The molecule has 21 heavy (non-hydrogen) atoms. The van der Waals surface area contributed by atoms with Crippen molar-refractivity contribution >= 4 is 0 Å². The Balaban J connectivity index is 1.93. The molecule has 0 radical (unpaired) electrons. The fraction of sp³-hybridized carbons (Fsp3) is 0.471. The molecular formula is C17H25N3O. The maximum atomic E-state index is 5.94. The first kappa shape index (κ1) is 15.6. The van der Waals surface area contributed by atoms with E-state index in [4.69, 9.17) is 4.74 Å². The van der Waals surface area contributed by atoms with Gasteiger partial charge in [0.15, 0.2) is 0 Å². The Morgan fingerprint density at radius 2 is 2.00 bits per heavy atom. The second kappa shape index (κ2) is 7.84. The zero-order valence-corrected chi connectivity index (χ0v) is 13.2. The highest BCUT2D eigenvalue weighted by molar-refractivity contribution is 5.43. The lowest BCUT2D eigenvalue weighted by molar-refractivity contribution is 0.287. The van der Waals surface area contributed by atoms with E-state index in [9.17, 15) is 0 Å². The Bertz CT molecular complexity index is 526. The molecule has 0 amide bonds. The van der Waals surface area contributed by atoms with E-state index in [0.717, 1.165) is 31.8 Å². The average molecular weight is 287 g/mol. The lowest BCUT2D eigenvalue weighted by Crippen LogP contribution is -2.14. The van der Waals surface area contributed by atoms with Crippen LogP contribution in [0.2, 0.25) is 0 Å². The molecule has 0 aliphatic carbocycles. The topological polar surface area (TPSA) is 39.1 Å². The number of aromatic nitrogens is 2. The summed E-state index contributed by atoms with van der Waals surface area (Å²) in [5, 5.41) is 7.61. The Kier molecular flexibility index (Phi) is 5.81. The van der Waals surface area contributed by atoms with Crippen molar-refractivity contribution < 1.29 is 4.74 Å². The maximum Gasteiger partial charge on any atom is 0.125 e. The monoisotopic (exact) mass is 287 g/mol. The fourth-order valence-corrected chi connectivity index (χ4v) is 2.45. The quantitative estimate of drug-likeness (QED) is 0.758. The SMILES string of the molecule is CCCNCc1cc(C)c(OCCn2cccn2)c(C)c1. The number of hydrogen-bond acceptors (Lipinski definition) is 3. The highest BCUT2D eigenvalue weighted by Crippen LogP contribution is 2.24. The Hall–Kier alpha value is -1.81. The molecule has 1 heterocycles. The van der Waals surface area contributed by atoms with Crippen molar-refractivity contribution in [1.29, 1.82) is 0 Å². The second-order valence-corrected chi connectivity index (χ2v) is 5.35. The van der Waals surface area contributed by atoms with Gasteiger partial charge in [-0.3, -0.25) is 4.68 Å². The van der Waals surface area contributed by atoms with E-state index >= 15 is 0 Å². The first-order chi connectivity index (χ1) is 10.2. The molecule has 0 saturated carbocycles. The lowest BCUT2D eigenvalue weighted by atomic mass is 10.1. The predicted molar refractivity (Wildman–Crippen MR) is 85.6 cm³/mol. The third-order valence-corrected chi connectivity index (χ3v) is 3.40. The minimum Gasteiger partial charge on any atom is -0.491 e. The average Bonchev–Trinajstić information content (AvgIpc) is 2.95. The van der Waals surface area contributed by atoms with E-state index in [2.05, 4.69) is 43.3 Å². The molecule has 1 aromatic heterocycles. The van der Waals surface area contributed by atoms with Crippen molar-refractivity contribution in [2.45, 2.75) is 40.3 Å². The summed E-state index contributed by atoms with van der Waals surface area (Å²) in [7, 11) is 0. The third kappa shape index (κ3) is 4.60. The van der Waals surface area contributed by atoms with Gasteiger partial charge >= 0.3 is 0 Å². The summed E-state index contributed by atoms with van der Waals surface area (Å²) in [6, 6.07) is 6.34. The molecule has 0 spiro atoms. The largest absolute Gasteiger partial charge is 0.491 e. The van der Waals surface area contributed by atoms with Crippen molar-refractivity contribution in [1.82, 2.24) is 15.1 Å². The normalized spacial score (nSPS) is 10.8. The van der Waals surface area contributed by atoms with Crippen LogP contribution in [-0.4, -0.2) is 22.9 Å². The van der Waals surface area contributed by atoms with Gasteiger partial charge in [0, 0.05) is 18.9 Å². The number of benzene rings is 1. The Labute approximate surface area is 127 Å². The van der Waals surface area contributed by atoms with Crippen LogP contribution in [0.25, 0.3) is 0 Å². The van der Waals surface area contributed by atoms with E-state index in [1.807, 2.05) is 16.9 Å². The van der Waals surface area contributed by atoms with Gasteiger partial charge in [-0.1, -0.05) is 19.1 Å². The molecule has 0 aliphatic heterocycles. The predicted octanol–water partition coefficient (Wildman–Crippen LogP) is 3.08. The number of ether oxygens (including phenoxy) is 1. The highest BCUT2D eigenvalue weighted by Gasteiger charge is 2.06. The van der Waals surface area contributed by atoms with Crippen LogP contribution >= 0.6 is 0 Å². The number of nitrogens with zero attached hydrogens (tertiary/aromatic N) is 2. The van der Waals surface area contributed by atoms with Crippen LogP contribution in [0, 0.1) is 13.8 Å². The molecule has 2 rings (SSSR count). The molecule has 1 N–H and O–H groups in total. The van der Waals surface area contributed by atoms with Crippen molar-refractivity contribution in [3.05, 3.63) is 47.3 Å². The van der Waals surface area contributed by atoms with Gasteiger partial charge in [-0.05, 0) is 49.6 Å². The van der Waals surface area contributed by atoms with Gasteiger partial charge in [-0.15, -0.1) is 0 Å².